The Bertz CT molecular complexity index is 483. The number of rotatable bonds is 5. The van der Waals surface area contributed by atoms with Gasteiger partial charge in [0.2, 0.25) is 0 Å². The van der Waals surface area contributed by atoms with E-state index in [1.165, 1.54) is 0 Å². The third-order valence-electron chi connectivity index (χ3n) is 3.13. The summed E-state index contributed by atoms with van der Waals surface area (Å²) in [6, 6.07) is 9.70. The van der Waals surface area contributed by atoms with Crippen LogP contribution in [0.4, 0.5) is 0 Å². The molecule has 1 aromatic heterocycles. The molecule has 1 aromatic carbocycles. The van der Waals surface area contributed by atoms with Gasteiger partial charge in [0.1, 0.15) is 11.3 Å². The molecule has 0 saturated heterocycles. The quantitative estimate of drug-likeness (QED) is 0.756. The summed E-state index contributed by atoms with van der Waals surface area (Å²) >= 11 is 0. The molecular formula is C14H19NO3. The lowest BCUT2D eigenvalue weighted by Crippen LogP contribution is -2.49. The molecular weight excluding hydrogens is 230 g/mol. The Morgan fingerprint density at radius 2 is 1.94 bits per heavy atom. The summed E-state index contributed by atoms with van der Waals surface area (Å²) in [6.07, 6.45) is 0. The molecule has 4 heteroatoms. The van der Waals surface area contributed by atoms with Crippen molar-refractivity contribution in [3.05, 3.63) is 36.1 Å². The van der Waals surface area contributed by atoms with Crippen molar-refractivity contribution >= 4 is 11.0 Å². The highest BCUT2D eigenvalue weighted by Gasteiger charge is 2.25. The molecule has 18 heavy (non-hydrogen) atoms. The molecule has 0 bridgehead atoms. The minimum atomic E-state index is -0.710. The minimum Gasteiger partial charge on any atom is -0.459 e. The second-order valence-corrected chi connectivity index (χ2v) is 4.93. The van der Waals surface area contributed by atoms with Gasteiger partial charge in [-0.15, -0.1) is 0 Å². The van der Waals surface area contributed by atoms with Gasteiger partial charge in [0.15, 0.2) is 0 Å². The molecule has 2 aromatic rings. The predicted octanol–water partition coefficient (Wildman–Crippen LogP) is 1.83. The maximum atomic E-state index is 9.27. The second-order valence-electron chi connectivity index (χ2n) is 4.93. The first kappa shape index (κ1) is 13.1. The molecule has 0 aliphatic heterocycles. The fraction of sp³-hybridized carbons (Fsp3) is 0.429. The molecule has 0 radical (unpaired) electrons. The van der Waals surface area contributed by atoms with Crippen LogP contribution in [0.25, 0.3) is 11.0 Å². The van der Waals surface area contributed by atoms with Crippen LogP contribution >= 0.6 is 0 Å². The van der Waals surface area contributed by atoms with Crippen molar-refractivity contribution in [3.63, 3.8) is 0 Å². The molecule has 1 atom stereocenters. The number of furan rings is 1. The first-order valence-corrected chi connectivity index (χ1v) is 6.06. The molecule has 0 fully saturated rings. The Labute approximate surface area is 106 Å². The lowest BCUT2D eigenvalue weighted by molar-refractivity contribution is 0.0934. The van der Waals surface area contributed by atoms with E-state index < -0.39 is 5.54 Å². The second kappa shape index (κ2) is 5.10. The van der Waals surface area contributed by atoms with Crippen LogP contribution < -0.4 is 5.32 Å². The molecule has 0 amide bonds. The number of hydrogen-bond donors (Lipinski definition) is 3. The van der Waals surface area contributed by atoms with E-state index in [-0.39, 0.29) is 19.3 Å². The predicted molar refractivity (Wildman–Crippen MR) is 70.3 cm³/mol. The lowest BCUT2D eigenvalue weighted by Gasteiger charge is -2.29. The van der Waals surface area contributed by atoms with Gasteiger partial charge >= 0.3 is 0 Å². The van der Waals surface area contributed by atoms with Gasteiger partial charge in [-0.05, 0) is 26.0 Å². The summed E-state index contributed by atoms with van der Waals surface area (Å²) < 4.78 is 5.74. The smallest absolute Gasteiger partial charge is 0.134 e. The molecule has 0 aliphatic carbocycles. The Hall–Kier alpha value is -1.36. The molecule has 0 saturated carbocycles. The van der Waals surface area contributed by atoms with Crippen LogP contribution in [0.3, 0.4) is 0 Å². The summed E-state index contributed by atoms with van der Waals surface area (Å²) in [4.78, 5) is 0. The zero-order valence-corrected chi connectivity index (χ0v) is 10.7. The SMILES string of the molecule is CC(NC(C)(CO)CO)c1cc2ccccc2o1. The summed E-state index contributed by atoms with van der Waals surface area (Å²) in [5.41, 5.74) is 0.133. The number of hydrogen-bond acceptors (Lipinski definition) is 4. The van der Waals surface area contributed by atoms with Gasteiger partial charge in [-0.3, -0.25) is 5.32 Å². The number of fused-ring (bicyclic) bond motifs is 1. The molecule has 0 aliphatic rings. The topological polar surface area (TPSA) is 65.6 Å². The first-order chi connectivity index (χ1) is 8.58. The monoisotopic (exact) mass is 249 g/mol. The zero-order valence-electron chi connectivity index (χ0n) is 10.7. The van der Waals surface area contributed by atoms with E-state index in [2.05, 4.69) is 5.32 Å². The van der Waals surface area contributed by atoms with Crippen LogP contribution in [0.2, 0.25) is 0 Å². The maximum absolute atomic E-state index is 9.27. The highest BCUT2D eigenvalue weighted by atomic mass is 16.3. The Morgan fingerprint density at radius 3 is 2.56 bits per heavy atom. The van der Waals surface area contributed by atoms with Crippen molar-refractivity contribution in [2.75, 3.05) is 13.2 Å². The average Bonchev–Trinajstić information content (AvgIpc) is 2.82. The van der Waals surface area contributed by atoms with Crippen LogP contribution in [-0.4, -0.2) is 29.0 Å². The first-order valence-electron chi connectivity index (χ1n) is 6.06. The molecule has 2 rings (SSSR count). The number of para-hydroxylation sites is 1. The third-order valence-corrected chi connectivity index (χ3v) is 3.13. The van der Waals surface area contributed by atoms with Gasteiger partial charge in [-0.25, -0.2) is 0 Å². The summed E-state index contributed by atoms with van der Waals surface area (Å²) in [5.74, 6) is 0.796. The average molecular weight is 249 g/mol. The Kier molecular flexibility index (Phi) is 3.71. The lowest BCUT2D eigenvalue weighted by atomic mass is 10.0. The van der Waals surface area contributed by atoms with Gasteiger partial charge < -0.3 is 14.6 Å². The van der Waals surface area contributed by atoms with Crippen molar-refractivity contribution in [3.8, 4) is 0 Å². The number of benzene rings is 1. The molecule has 1 unspecified atom stereocenters. The highest BCUT2D eigenvalue weighted by Crippen LogP contribution is 2.24. The van der Waals surface area contributed by atoms with Crippen molar-refractivity contribution in [1.82, 2.24) is 5.32 Å². The van der Waals surface area contributed by atoms with E-state index in [1.54, 1.807) is 6.92 Å². The van der Waals surface area contributed by atoms with E-state index in [1.807, 2.05) is 37.3 Å². The fourth-order valence-electron chi connectivity index (χ4n) is 1.95. The number of nitrogens with one attached hydrogen (secondary N) is 1. The molecule has 0 spiro atoms. The number of aliphatic hydroxyl groups excluding tert-OH is 2. The van der Waals surface area contributed by atoms with Crippen molar-refractivity contribution in [2.45, 2.75) is 25.4 Å². The van der Waals surface area contributed by atoms with E-state index in [4.69, 9.17) is 4.42 Å². The Balaban J connectivity index is 2.20. The molecule has 4 nitrogen and oxygen atoms in total. The van der Waals surface area contributed by atoms with Gasteiger partial charge in [0, 0.05) is 5.39 Å². The normalized spacial score (nSPS) is 14.0. The van der Waals surface area contributed by atoms with Crippen LogP contribution in [-0.2, 0) is 0 Å². The number of aliphatic hydroxyl groups is 2. The van der Waals surface area contributed by atoms with E-state index in [0.717, 1.165) is 16.7 Å². The van der Waals surface area contributed by atoms with Crippen molar-refractivity contribution < 1.29 is 14.6 Å². The van der Waals surface area contributed by atoms with Crippen LogP contribution in [0.15, 0.2) is 34.7 Å². The highest BCUT2D eigenvalue weighted by molar-refractivity contribution is 5.77. The summed E-state index contributed by atoms with van der Waals surface area (Å²) in [7, 11) is 0. The standard InChI is InChI=1S/C14H19NO3/c1-10(15-14(2,8-16)9-17)13-7-11-5-3-4-6-12(11)18-13/h3-7,10,15-17H,8-9H2,1-2H3. The summed E-state index contributed by atoms with van der Waals surface area (Å²) in [6.45, 7) is 3.45. The van der Waals surface area contributed by atoms with Gasteiger partial charge in [0.05, 0.1) is 24.8 Å². The van der Waals surface area contributed by atoms with Gasteiger partial charge in [-0.2, -0.15) is 0 Å². The molecule has 1 heterocycles. The van der Waals surface area contributed by atoms with Crippen molar-refractivity contribution in [1.29, 1.82) is 0 Å². The van der Waals surface area contributed by atoms with Gasteiger partial charge in [0.25, 0.3) is 0 Å². The van der Waals surface area contributed by atoms with Crippen LogP contribution in [0.1, 0.15) is 25.6 Å². The fourth-order valence-corrected chi connectivity index (χ4v) is 1.95. The van der Waals surface area contributed by atoms with Gasteiger partial charge in [-0.1, -0.05) is 18.2 Å². The summed E-state index contributed by atoms with van der Waals surface area (Å²) in [5, 5.41) is 22.8. The van der Waals surface area contributed by atoms with E-state index >= 15 is 0 Å². The molecule has 3 N–H and O–H groups in total. The minimum absolute atomic E-state index is 0.0818. The van der Waals surface area contributed by atoms with E-state index in [9.17, 15) is 10.2 Å². The van der Waals surface area contributed by atoms with Crippen LogP contribution in [0.5, 0.6) is 0 Å². The third kappa shape index (κ3) is 2.56. The van der Waals surface area contributed by atoms with Crippen molar-refractivity contribution in [2.24, 2.45) is 0 Å². The Morgan fingerprint density at radius 1 is 1.28 bits per heavy atom. The maximum Gasteiger partial charge on any atom is 0.134 e. The van der Waals surface area contributed by atoms with E-state index in [0.29, 0.717) is 0 Å². The largest absolute Gasteiger partial charge is 0.459 e. The molecule has 98 valence electrons. The zero-order chi connectivity index (χ0) is 13.2. The van der Waals surface area contributed by atoms with Crippen LogP contribution in [0, 0.1) is 0 Å².